The monoisotopic (exact) mass is 563 g/mol. The number of hydrogen-bond donors (Lipinski definition) is 1. The SMILES string of the molecule is CN1CCCCS(=O)(=O)NC2(CCc3ccccc32)C(=O)N2CCCC[C@H]2c2cc3nc(N4CCC4)cc1n3n2. The van der Waals surface area contributed by atoms with E-state index < -0.39 is 15.6 Å². The van der Waals surface area contributed by atoms with E-state index in [0.29, 0.717) is 38.8 Å². The molecule has 1 amide bonds. The molecule has 4 aliphatic rings. The summed E-state index contributed by atoms with van der Waals surface area (Å²) in [5.41, 5.74) is 2.12. The van der Waals surface area contributed by atoms with Gasteiger partial charge in [0.1, 0.15) is 17.2 Å². The number of nitrogens with zero attached hydrogens (tertiary/aromatic N) is 6. The lowest BCUT2D eigenvalue weighted by Gasteiger charge is -2.41. The number of fused-ring (bicyclic) bond motifs is 5. The van der Waals surface area contributed by atoms with Crippen molar-refractivity contribution in [2.75, 3.05) is 48.8 Å². The lowest BCUT2D eigenvalue weighted by molar-refractivity contribution is -0.142. The van der Waals surface area contributed by atoms with Gasteiger partial charge in [0.15, 0.2) is 5.65 Å². The van der Waals surface area contributed by atoms with E-state index in [1.54, 1.807) is 0 Å². The number of rotatable bonds is 1. The van der Waals surface area contributed by atoms with Crippen LogP contribution >= 0.6 is 0 Å². The molecule has 2 saturated heterocycles. The van der Waals surface area contributed by atoms with E-state index >= 15 is 0 Å². The Balaban J connectivity index is 1.37. The molecule has 3 aromatic rings. The minimum absolute atomic E-state index is 0.0163. The Bertz CT molecular complexity index is 1570. The first-order valence-electron chi connectivity index (χ1n) is 14.6. The topological polar surface area (TPSA) is 103 Å². The maximum atomic E-state index is 14.7. The van der Waals surface area contributed by atoms with Gasteiger partial charge in [0, 0.05) is 45.4 Å². The van der Waals surface area contributed by atoms with Crippen LogP contribution in [0.15, 0.2) is 36.4 Å². The van der Waals surface area contributed by atoms with Gasteiger partial charge < -0.3 is 14.7 Å². The summed E-state index contributed by atoms with van der Waals surface area (Å²) in [4.78, 5) is 26.0. The molecule has 2 fully saturated rings. The lowest BCUT2D eigenvalue weighted by Crippen LogP contribution is -2.58. The Labute approximate surface area is 235 Å². The van der Waals surface area contributed by atoms with E-state index in [2.05, 4.69) is 20.6 Å². The van der Waals surface area contributed by atoms with Crippen molar-refractivity contribution >= 4 is 33.2 Å². The van der Waals surface area contributed by atoms with Crippen molar-refractivity contribution in [1.29, 1.82) is 0 Å². The molecule has 11 heteroatoms. The first-order valence-corrected chi connectivity index (χ1v) is 16.3. The van der Waals surface area contributed by atoms with Gasteiger partial charge in [-0.2, -0.15) is 14.3 Å². The van der Waals surface area contributed by atoms with E-state index in [1.807, 2.05) is 46.8 Å². The minimum atomic E-state index is -3.71. The number of anilines is 2. The summed E-state index contributed by atoms with van der Waals surface area (Å²) in [7, 11) is -1.69. The highest BCUT2D eigenvalue weighted by Gasteiger charge is 2.51. The Morgan fingerprint density at radius 2 is 1.82 bits per heavy atom. The Morgan fingerprint density at radius 3 is 2.65 bits per heavy atom. The number of aryl methyl sites for hydroxylation is 1. The van der Waals surface area contributed by atoms with Gasteiger partial charge in [-0.25, -0.2) is 13.4 Å². The first-order chi connectivity index (χ1) is 19.3. The molecule has 1 aromatic carbocycles. The molecule has 1 N–H and O–H groups in total. The Morgan fingerprint density at radius 1 is 1.00 bits per heavy atom. The molecule has 10 nitrogen and oxygen atoms in total. The molecule has 3 aliphatic heterocycles. The van der Waals surface area contributed by atoms with Gasteiger partial charge in [0.2, 0.25) is 15.9 Å². The normalized spacial score (nSPS) is 26.9. The second-order valence-electron chi connectivity index (χ2n) is 11.8. The molecule has 1 spiro atoms. The van der Waals surface area contributed by atoms with E-state index in [-0.39, 0.29) is 17.7 Å². The van der Waals surface area contributed by atoms with Crippen LogP contribution in [0.5, 0.6) is 0 Å². The van der Waals surface area contributed by atoms with E-state index in [0.717, 1.165) is 72.9 Å². The van der Waals surface area contributed by atoms with Crippen LogP contribution in [-0.2, 0) is 26.8 Å². The molecule has 5 heterocycles. The highest BCUT2D eigenvalue weighted by atomic mass is 32.2. The van der Waals surface area contributed by atoms with Crippen LogP contribution in [0.1, 0.15) is 67.8 Å². The molecule has 0 radical (unpaired) electrons. The van der Waals surface area contributed by atoms with Crippen molar-refractivity contribution in [3.8, 4) is 0 Å². The summed E-state index contributed by atoms with van der Waals surface area (Å²) >= 11 is 0. The number of hydrogen-bond acceptors (Lipinski definition) is 7. The summed E-state index contributed by atoms with van der Waals surface area (Å²) < 4.78 is 32.0. The summed E-state index contributed by atoms with van der Waals surface area (Å²) in [5.74, 6) is 1.70. The quantitative estimate of drug-likeness (QED) is 0.486. The van der Waals surface area contributed by atoms with Gasteiger partial charge in [0.25, 0.3) is 0 Å². The fourth-order valence-corrected chi connectivity index (χ4v) is 8.40. The van der Waals surface area contributed by atoms with Crippen LogP contribution in [0.25, 0.3) is 5.65 Å². The molecular formula is C29H37N7O3S. The zero-order valence-corrected chi connectivity index (χ0v) is 23.9. The third-order valence-corrected chi connectivity index (χ3v) is 10.7. The maximum Gasteiger partial charge on any atom is 0.249 e. The highest BCUT2D eigenvalue weighted by Crippen LogP contribution is 2.43. The predicted molar refractivity (Wildman–Crippen MR) is 154 cm³/mol. The van der Waals surface area contributed by atoms with E-state index in [1.165, 1.54) is 0 Å². The molecule has 212 valence electrons. The van der Waals surface area contributed by atoms with Gasteiger partial charge in [-0.15, -0.1) is 0 Å². The predicted octanol–water partition coefficient (Wildman–Crippen LogP) is 2.98. The van der Waals surface area contributed by atoms with Crippen LogP contribution in [-0.4, -0.2) is 72.8 Å². The van der Waals surface area contributed by atoms with Crippen LogP contribution in [0.4, 0.5) is 11.6 Å². The summed E-state index contributed by atoms with van der Waals surface area (Å²) in [6.45, 7) is 3.24. The number of carbonyl (C=O) groups excluding carboxylic acids is 1. The molecule has 40 heavy (non-hydrogen) atoms. The number of piperidine rings is 1. The number of nitrogens with one attached hydrogen (secondary N) is 1. The van der Waals surface area contributed by atoms with Gasteiger partial charge in [-0.05, 0) is 62.5 Å². The highest BCUT2D eigenvalue weighted by molar-refractivity contribution is 7.89. The first kappa shape index (κ1) is 25.8. The van der Waals surface area contributed by atoms with E-state index in [4.69, 9.17) is 10.1 Å². The second-order valence-corrected chi connectivity index (χ2v) is 13.6. The molecule has 1 unspecified atom stereocenters. The average Bonchev–Trinajstić information content (AvgIpc) is 3.51. The zero-order valence-electron chi connectivity index (χ0n) is 23.1. The molecule has 2 atom stereocenters. The maximum absolute atomic E-state index is 14.7. The third kappa shape index (κ3) is 4.25. The summed E-state index contributed by atoms with van der Waals surface area (Å²) in [5, 5.41) is 5.07. The van der Waals surface area contributed by atoms with Crippen molar-refractivity contribution in [3.05, 3.63) is 53.2 Å². The van der Waals surface area contributed by atoms with E-state index in [9.17, 15) is 13.2 Å². The summed E-state index contributed by atoms with van der Waals surface area (Å²) in [6, 6.07) is 11.7. The number of amides is 1. The standard InChI is InChI=1S/C29H37N7O3S/c1-33-14-6-7-18-40(38,39)32-29(13-12-21-9-2-3-10-22(21)29)28(37)35-17-5-4-11-24(35)23-19-26-30-25(34-15-8-16-34)20-27(33)36(26)31-23/h2-3,9-10,19-20,24,32H,4-8,11-18H2,1H3/t24-,29?/m0/s1. The van der Waals surface area contributed by atoms with Crippen molar-refractivity contribution in [1.82, 2.24) is 24.2 Å². The van der Waals surface area contributed by atoms with Gasteiger partial charge in [0.05, 0.1) is 17.5 Å². The molecule has 2 aromatic heterocycles. The molecule has 7 rings (SSSR count). The zero-order chi connectivity index (χ0) is 27.5. The molecular weight excluding hydrogens is 526 g/mol. The van der Waals surface area contributed by atoms with Crippen molar-refractivity contribution in [2.24, 2.45) is 0 Å². The average molecular weight is 564 g/mol. The van der Waals surface area contributed by atoms with Crippen LogP contribution < -0.4 is 14.5 Å². The van der Waals surface area contributed by atoms with Crippen LogP contribution in [0.3, 0.4) is 0 Å². The van der Waals surface area contributed by atoms with Crippen molar-refractivity contribution in [3.63, 3.8) is 0 Å². The fourth-order valence-electron chi connectivity index (χ4n) is 6.89. The smallest absolute Gasteiger partial charge is 0.249 e. The van der Waals surface area contributed by atoms with Crippen LogP contribution in [0.2, 0.25) is 0 Å². The Kier molecular flexibility index (Phi) is 6.27. The molecule has 1 aliphatic carbocycles. The van der Waals surface area contributed by atoms with Crippen molar-refractivity contribution < 1.29 is 13.2 Å². The van der Waals surface area contributed by atoms with Crippen molar-refractivity contribution in [2.45, 2.75) is 62.9 Å². The number of benzene rings is 1. The lowest BCUT2D eigenvalue weighted by atomic mass is 9.88. The number of carbonyl (C=O) groups is 1. The minimum Gasteiger partial charge on any atom is -0.359 e. The molecule has 0 saturated carbocycles. The number of aromatic nitrogens is 3. The Hall–Kier alpha value is -3.18. The third-order valence-electron chi connectivity index (χ3n) is 9.19. The molecule has 2 bridgehead atoms. The second kappa shape index (κ2) is 9.73. The summed E-state index contributed by atoms with van der Waals surface area (Å²) in [6.07, 6.45) is 6.08. The van der Waals surface area contributed by atoms with Gasteiger partial charge >= 0.3 is 0 Å². The fraction of sp³-hybridized carbons (Fsp3) is 0.552. The van der Waals surface area contributed by atoms with Gasteiger partial charge in [-0.3, -0.25) is 4.79 Å². The number of sulfonamides is 1. The van der Waals surface area contributed by atoms with Crippen LogP contribution in [0, 0.1) is 0 Å². The van der Waals surface area contributed by atoms with Gasteiger partial charge in [-0.1, -0.05) is 24.3 Å². The largest absolute Gasteiger partial charge is 0.359 e.